The largest absolute Gasteiger partial charge is 0.497 e. The summed E-state index contributed by atoms with van der Waals surface area (Å²) >= 11 is 0. The Bertz CT molecular complexity index is 866. The number of aryl methyl sites for hydroxylation is 1. The van der Waals surface area contributed by atoms with Crippen molar-refractivity contribution in [2.75, 3.05) is 27.2 Å². The predicted octanol–water partition coefficient (Wildman–Crippen LogP) is 2.67. The molecule has 4 N–H and O–H groups in total. The summed E-state index contributed by atoms with van der Waals surface area (Å²) in [7, 11) is 3.04. The maximum absolute atomic E-state index is 12.9. The number of ether oxygens (including phenoxy) is 1. The van der Waals surface area contributed by atoms with E-state index in [1.54, 1.807) is 18.9 Å². The van der Waals surface area contributed by atoms with Crippen LogP contribution in [0, 0.1) is 12.8 Å². The number of nitrogens with zero attached hydrogens (tertiary/aromatic N) is 1. The van der Waals surface area contributed by atoms with E-state index in [9.17, 15) is 27.9 Å². The fraction of sp³-hybridized carbons (Fsp3) is 0.667. The van der Waals surface area contributed by atoms with Crippen molar-refractivity contribution in [2.24, 2.45) is 11.7 Å². The predicted molar refractivity (Wildman–Crippen MR) is 122 cm³/mol. The molecular formula is C24H36F3N3O4. The van der Waals surface area contributed by atoms with E-state index >= 15 is 0 Å². The molecule has 4 atom stereocenters. The number of alkyl halides is 3. The Hall–Kier alpha value is -2.17. The van der Waals surface area contributed by atoms with Gasteiger partial charge in [-0.1, -0.05) is 6.07 Å². The van der Waals surface area contributed by atoms with Gasteiger partial charge in [-0.15, -0.1) is 0 Å². The Labute approximate surface area is 198 Å². The monoisotopic (exact) mass is 487 g/mol. The lowest BCUT2D eigenvalue weighted by molar-refractivity contribution is -0.178. The average molecular weight is 488 g/mol. The number of hydrogen-bond donors (Lipinski definition) is 3. The first-order valence-corrected chi connectivity index (χ1v) is 11.5. The maximum atomic E-state index is 12.9. The van der Waals surface area contributed by atoms with Crippen LogP contribution in [0.4, 0.5) is 13.2 Å². The third-order valence-electron chi connectivity index (χ3n) is 7.58. The number of halogens is 3. The molecular weight excluding hydrogens is 451 g/mol. The van der Waals surface area contributed by atoms with E-state index in [4.69, 9.17) is 4.74 Å². The topological polar surface area (TPSA) is 105 Å². The van der Waals surface area contributed by atoms with E-state index < -0.39 is 41.5 Å². The fourth-order valence-electron chi connectivity index (χ4n) is 5.79. The molecule has 10 heteroatoms. The van der Waals surface area contributed by atoms with Gasteiger partial charge >= 0.3 is 6.18 Å². The summed E-state index contributed by atoms with van der Waals surface area (Å²) in [6.45, 7) is 3.86. The molecule has 1 aliphatic carbocycles. The van der Waals surface area contributed by atoms with Gasteiger partial charge in [0.2, 0.25) is 12.3 Å². The number of aliphatic hydroxyl groups is 1. The molecule has 0 bridgehead atoms. The minimum Gasteiger partial charge on any atom is -0.497 e. The molecule has 0 aromatic heterocycles. The molecule has 7 nitrogen and oxygen atoms in total. The molecule has 0 radical (unpaired) electrons. The Balaban J connectivity index is 0.00000199. The van der Waals surface area contributed by atoms with Gasteiger partial charge < -0.3 is 15.6 Å². The molecule has 34 heavy (non-hydrogen) atoms. The highest BCUT2D eigenvalue weighted by Crippen LogP contribution is 2.56. The quantitative estimate of drug-likeness (QED) is 0.533. The third kappa shape index (κ3) is 5.39. The molecule has 1 aromatic rings. The zero-order valence-electron chi connectivity index (χ0n) is 20.2. The number of amides is 2. The van der Waals surface area contributed by atoms with Gasteiger partial charge in [-0.2, -0.15) is 13.2 Å². The molecule has 1 heterocycles. The highest BCUT2D eigenvalue weighted by atomic mass is 19.4. The summed E-state index contributed by atoms with van der Waals surface area (Å²) in [6, 6.07) is 5.02. The first-order chi connectivity index (χ1) is 16.0. The second-order valence-electron chi connectivity index (χ2n) is 9.08. The Morgan fingerprint density at radius 2 is 2.03 bits per heavy atom. The number of methoxy groups -OCH3 is 1. The van der Waals surface area contributed by atoms with Crippen LogP contribution in [0.1, 0.15) is 50.2 Å². The van der Waals surface area contributed by atoms with Crippen molar-refractivity contribution in [2.45, 2.75) is 69.2 Å². The number of nitrogens with one attached hydrogen (secondary N) is 1. The van der Waals surface area contributed by atoms with Gasteiger partial charge in [0, 0.05) is 23.9 Å². The van der Waals surface area contributed by atoms with Crippen molar-refractivity contribution >= 4 is 12.3 Å². The maximum Gasteiger partial charge on any atom is 0.390 e. The zero-order valence-corrected chi connectivity index (χ0v) is 20.2. The standard InChI is InChI=1S/C23H31F3N2O4.CH5N/c1-15-4-5-18(32-3)12-19(15)21-8-10-28(11-9-23(24,25)26)16(2)22(21,31)7-6-17(13-21)20(30)27-14-29;1-2/h4-5,12,14,16-17,31H,6-11,13H2,1-3H3,(H,27,29,30);2H2,1H3. The molecule has 1 aliphatic heterocycles. The Kier molecular flexibility index (Phi) is 9.12. The lowest BCUT2D eigenvalue weighted by Crippen LogP contribution is -2.70. The van der Waals surface area contributed by atoms with Gasteiger partial charge in [-0.25, -0.2) is 0 Å². The minimum atomic E-state index is -4.27. The molecule has 2 fully saturated rings. The number of imide groups is 1. The highest BCUT2D eigenvalue weighted by Gasteiger charge is 2.61. The van der Waals surface area contributed by atoms with Gasteiger partial charge in [0.1, 0.15) is 5.75 Å². The summed E-state index contributed by atoms with van der Waals surface area (Å²) in [6.07, 6.45) is -3.58. The first kappa shape index (κ1) is 28.1. The van der Waals surface area contributed by atoms with Crippen LogP contribution < -0.4 is 15.8 Å². The number of nitrogens with two attached hydrogens (primary N) is 1. The van der Waals surface area contributed by atoms with Crippen molar-refractivity contribution in [3.05, 3.63) is 29.3 Å². The molecule has 2 aliphatic rings. The van der Waals surface area contributed by atoms with Gasteiger partial charge in [-0.3, -0.25) is 19.8 Å². The van der Waals surface area contributed by atoms with Crippen molar-refractivity contribution < 1.29 is 32.6 Å². The molecule has 1 aromatic carbocycles. The van der Waals surface area contributed by atoms with E-state index in [0.29, 0.717) is 38.0 Å². The van der Waals surface area contributed by atoms with E-state index in [1.807, 2.05) is 25.1 Å². The number of hydrogen-bond acceptors (Lipinski definition) is 6. The summed E-state index contributed by atoms with van der Waals surface area (Å²) in [5.41, 5.74) is 4.05. The number of likely N-dealkylation sites (tertiary alicyclic amines) is 1. The minimum absolute atomic E-state index is 0.185. The molecule has 0 spiro atoms. The van der Waals surface area contributed by atoms with E-state index in [1.165, 1.54) is 7.05 Å². The number of fused-ring (bicyclic) bond motifs is 1. The van der Waals surface area contributed by atoms with Gasteiger partial charge in [-0.05, 0) is 76.4 Å². The van der Waals surface area contributed by atoms with Crippen molar-refractivity contribution in [1.82, 2.24) is 10.2 Å². The van der Waals surface area contributed by atoms with E-state index in [0.717, 1.165) is 11.1 Å². The van der Waals surface area contributed by atoms with Crippen molar-refractivity contribution in [3.63, 3.8) is 0 Å². The van der Waals surface area contributed by atoms with Gasteiger partial charge in [0.15, 0.2) is 0 Å². The molecule has 2 amide bonds. The second kappa shape index (κ2) is 11.0. The summed E-state index contributed by atoms with van der Waals surface area (Å²) in [5.74, 6) is -0.275. The summed E-state index contributed by atoms with van der Waals surface area (Å²) in [5, 5.41) is 14.3. The number of carbonyl (C=O) groups is 2. The molecule has 4 unspecified atom stereocenters. The second-order valence-corrected chi connectivity index (χ2v) is 9.08. The van der Waals surface area contributed by atoms with Crippen LogP contribution in [-0.2, 0) is 15.0 Å². The summed E-state index contributed by atoms with van der Waals surface area (Å²) in [4.78, 5) is 25.1. The lowest BCUT2D eigenvalue weighted by Gasteiger charge is -2.61. The smallest absolute Gasteiger partial charge is 0.390 e. The first-order valence-electron chi connectivity index (χ1n) is 11.5. The normalized spacial score (nSPS) is 29.3. The van der Waals surface area contributed by atoms with Crippen LogP contribution in [0.15, 0.2) is 18.2 Å². The highest BCUT2D eigenvalue weighted by molar-refractivity contribution is 5.87. The molecule has 3 rings (SSSR count). The van der Waals surface area contributed by atoms with E-state index in [2.05, 4.69) is 11.1 Å². The van der Waals surface area contributed by atoms with Crippen LogP contribution in [0.3, 0.4) is 0 Å². The molecule has 1 saturated carbocycles. The Morgan fingerprint density at radius 3 is 2.62 bits per heavy atom. The fourth-order valence-corrected chi connectivity index (χ4v) is 5.79. The lowest BCUT2D eigenvalue weighted by atomic mass is 9.51. The van der Waals surface area contributed by atoms with Crippen molar-refractivity contribution in [1.29, 1.82) is 0 Å². The van der Waals surface area contributed by atoms with Crippen molar-refractivity contribution in [3.8, 4) is 5.75 Å². The molecule has 192 valence electrons. The van der Waals surface area contributed by atoms with Gasteiger partial charge in [0.05, 0.1) is 19.1 Å². The van der Waals surface area contributed by atoms with Crippen LogP contribution in [0.5, 0.6) is 5.75 Å². The number of piperidine rings is 1. The van der Waals surface area contributed by atoms with Crippen LogP contribution in [0.2, 0.25) is 0 Å². The third-order valence-corrected chi connectivity index (χ3v) is 7.58. The average Bonchev–Trinajstić information content (AvgIpc) is 2.80. The summed E-state index contributed by atoms with van der Waals surface area (Å²) < 4.78 is 44.0. The molecule has 1 saturated heterocycles. The number of carbonyl (C=O) groups excluding carboxylic acids is 2. The zero-order chi connectivity index (χ0) is 25.7. The van der Waals surface area contributed by atoms with Crippen LogP contribution in [-0.4, -0.2) is 67.4 Å². The van der Waals surface area contributed by atoms with Crippen LogP contribution in [0.25, 0.3) is 0 Å². The van der Waals surface area contributed by atoms with E-state index in [-0.39, 0.29) is 13.0 Å². The van der Waals surface area contributed by atoms with Crippen LogP contribution >= 0.6 is 0 Å². The number of benzene rings is 1. The SMILES string of the molecule is CN.COc1ccc(C)c(C23CCN(CCC(F)(F)F)C(C)C2(O)CCC(C(=O)NC=O)C3)c1. The van der Waals surface area contributed by atoms with Gasteiger partial charge in [0.25, 0.3) is 0 Å². The Morgan fingerprint density at radius 1 is 1.35 bits per heavy atom. The number of rotatable bonds is 6.